The van der Waals surface area contributed by atoms with Crippen LogP contribution in [0.4, 0.5) is 0 Å². The Morgan fingerprint density at radius 2 is 2.00 bits per heavy atom. The van der Waals surface area contributed by atoms with Gasteiger partial charge in [-0.3, -0.25) is 4.79 Å². The second-order valence-electron chi connectivity index (χ2n) is 3.00. The normalized spacial score (nSPS) is 12.3. The lowest BCUT2D eigenvalue weighted by atomic mass is 10.2. The summed E-state index contributed by atoms with van der Waals surface area (Å²) in [6.07, 6.45) is 6.69. The first-order valence-corrected chi connectivity index (χ1v) is 5.53. The van der Waals surface area contributed by atoms with Gasteiger partial charge in [-0.1, -0.05) is 32.9 Å². The summed E-state index contributed by atoms with van der Waals surface area (Å²) in [7, 11) is 1.77. The van der Waals surface area contributed by atoms with Crippen molar-refractivity contribution < 1.29 is 0 Å². The smallest absolute Gasteiger partial charge is 0.257 e. The molecule has 1 aromatic rings. The molecule has 0 fully saturated rings. The van der Waals surface area contributed by atoms with E-state index in [4.69, 9.17) is 0 Å². The molecular formula is C13H21NO. The Morgan fingerprint density at radius 1 is 1.40 bits per heavy atom. The largest absolute Gasteiger partial charge is 0.318 e. The zero-order valence-electron chi connectivity index (χ0n) is 10.4. The molecule has 0 aliphatic heterocycles. The van der Waals surface area contributed by atoms with Crippen molar-refractivity contribution >= 4 is 12.2 Å². The van der Waals surface area contributed by atoms with E-state index in [1.54, 1.807) is 17.8 Å². The Kier molecular flexibility index (Phi) is 6.43. The monoisotopic (exact) mass is 207 g/mol. The van der Waals surface area contributed by atoms with Gasteiger partial charge in [0.15, 0.2) is 0 Å². The number of pyridine rings is 1. The molecule has 0 radical (unpaired) electrons. The maximum Gasteiger partial charge on any atom is 0.257 e. The molecule has 0 aliphatic carbocycles. The number of hydrogen-bond acceptors (Lipinski definition) is 1. The van der Waals surface area contributed by atoms with Gasteiger partial charge in [0, 0.05) is 18.5 Å². The van der Waals surface area contributed by atoms with Crippen LogP contribution in [0.1, 0.15) is 34.1 Å². The summed E-state index contributed by atoms with van der Waals surface area (Å²) in [5.41, 5.74) is 0.0738. The summed E-state index contributed by atoms with van der Waals surface area (Å²) in [6.45, 7) is 7.96. The first-order chi connectivity index (χ1) is 7.20. The van der Waals surface area contributed by atoms with E-state index >= 15 is 0 Å². The van der Waals surface area contributed by atoms with Crippen LogP contribution >= 0.6 is 0 Å². The number of nitrogens with zero attached hydrogens (tertiary/aromatic N) is 1. The standard InChI is InChI=1S/C11H15NO.C2H6/c1-4-6-9-7-8-12(3)11(13)10(9)5-2;1-2/h5-8H,4H2,1-3H3;1-2H3/b9-6-,10-5+;. The van der Waals surface area contributed by atoms with E-state index in [1.165, 1.54) is 0 Å². The fourth-order valence-corrected chi connectivity index (χ4v) is 1.35. The van der Waals surface area contributed by atoms with Crippen molar-refractivity contribution in [1.29, 1.82) is 0 Å². The quantitative estimate of drug-likeness (QED) is 0.682. The SMILES string of the molecule is C/C=c1/c(=O)n(C)cc/c1=C/CC.CC. The molecule has 1 aromatic heterocycles. The van der Waals surface area contributed by atoms with Crippen molar-refractivity contribution in [2.24, 2.45) is 7.05 Å². The molecule has 15 heavy (non-hydrogen) atoms. The molecule has 2 nitrogen and oxygen atoms in total. The van der Waals surface area contributed by atoms with Crippen LogP contribution < -0.4 is 16.0 Å². The van der Waals surface area contributed by atoms with E-state index in [1.807, 2.05) is 32.9 Å². The third-order valence-electron chi connectivity index (χ3n) is 2.05. The van der Waals surface area contributed by atoms with Crippen LogP contribution in [0.2, 0.25) is 0 Å². The predicted octanol–water partition coefficient (Wildman–Crippen LogP) is 1.40. The van der Waals surface area contributed by atoms with Crippen molar-refractivity contribution in [2.75, 3.05) is 0 Å². The second kappa shape index (κ2) is 7.04. The van der Waals surface area contributed by atoms with Gasteiger partial charge in [0.25, 0.3) is 5.56 Å². The lowest BCUT2D eigenvalue weighted by Gasteiger charge is -1.96. The molecule has 0 atom stereocenters. The number of hydrogen-bond donors (Lipinski definition) is 0. The summed E-state index contributed by atoms with van der Waals surface area (Å²) in [5, 5.41) is 1.83. The van der Waals surface area contributed by atoms with E-state index in [9.17, 15) is 4.79 Å². The molecule has 0 saturated carbocycles. The Balaban J connectivity index is 0.000000921. The van der Waals surface area contributed by atoms with Gasteiger partial charge in [-0.05, 0) is 24.6 Å². The minimum Gasteiger partial charge on any atom is -0.318 e. The zero-order valence-corrected chi connectivity index (χ0v) is 10.4. The van der Waals surface area contributed by atoms with Crippen LogP contribution in [0.15, 0.2) is 17.1 Å². The topological polar surface area (TPSA) is 22.0 Å². The van der Waals surface area contributed by atoms with E-state index < -0.39 is 0 Å². The Bertz CT molecular complexity index is 454. The lowest BCUT2D eigenvalue weighted by Crippen LogP contribution is -2.43. The van der Waals surface area contributed by atoms with Gasteiger partial charge in [-0.15, -0.1) is 0 Å². The summed E-state index contributed by atoms with van der Waals surface area (Å²) >= 11 is 0. The Hall–Kier alpha value is -1.31. The highest BCUT2D eigenvalue weighted by atomic mass is 16.1. The van der Waals surface area contributed by atoms with Crippen LogP contribution in [0.25, 0.3) is 12.2 Å². The van der Waals surface area contributed by atoms with Crippen molar-refractivity contribution in [3.63, 3.8) is 0 Å². The molecule has 84 valence electrons. The van der Waals surface area contributed by atoms with Crippen molar-refractivity contribution in [3.8, 4) is 0 Å². The molecule has 0 saturated heterocycles. The lowest BCUT2D eigenvalue weighted by molar-refractivity contribution is 0.846. The number of rotatable bonds is 1. The van der Waals surface area contributed by atoms with Crippen molar-refractivity contribution in [3.05, 3.63) is 33.1 Å². The van der Waals surface area contributed by atoms with Crippen LogP contribution in [0.5, 0.6) is 0 Å². The summed E-state index contributed by atoms with van der Waals surface area (Å²) in [6, 6.07) is 1.97. The number of aryl methyl sites for hydroxylation is 1. The van der Waals surface area contributed by atoms with Gasteiger partial charge in [-0.2, -0.15) is 0 Å². The Morgan fingerprint density at radius 3 is 2.47 bits per heavy atom. The molecule has 0 amide bonds. The van der Waals surface area contributed by atoms with Crippen molar-refractivity contribution in [1.82, 2.24) is 4.57 Å². The van der Waals surface area contributed by atoms with Gasteiger partial charge < -0.3 is 4.57 Å². The summed E-state index contributed by atoms with van der Waals surface area (Å²) in [5.74, 6) is 0. The van der Waals surface area contributed by atoms with E-state index in [0.29, 0.717) is 0 Å². The van der Waals surface area contributed by atoms with Crippen molar-refractivity contribution in [2.45, 2.75) is 34.1 Å². The number of aromatic nitrogens is 1. The molecule has 0 N–H and O–H groups in total. The molecule has 0 aromatic carbocycles. The molecule has 0 bridgehead atoms. The first kappa shape index (κ1) is 13.7. The van der Waals surface area contributed by atoms with Gasteiger partial charge in [0.05, 0.1) is 0 Å². The minimum atomic E-state index is 0.0738. The van der Waals surface area contributed by atoms with Gasteiger partial charge >= 0.3 is 0 Å². The van der Waals surface area contributed by atoms with Gasteiger partial charge in [-0.25, -0.2) is 0 Å². The molecule has 0 spiro atoms. The fraction of sp³-hybridized carbons (Fsp3) is 0.462. The van der Waals surface area contributed by atoms with Gasteiger partial charge in [0.1, 0.15) is 0 Å². The van der Waals surface area contributed by atoms with Gasteiger partial charge in [0.2, 0.25) is 0 Å². The summed E-state index contributed by atoms with van der Waals surface area (Å²) < 4.78 is 1.60. The zero-order chi connectivity index (χ0) is 11.8. The maximum atomic E-state index is 11.6. The van der Waals surface area contributed by atoms with Crippen LogP contribution in [-0.2, 0) is 7.05 Å². The van der Waals surface area contributed by atoms with E-state index in [-0.39, 0.29) is 5.56 Å². The third-order valence-corrected chi connectivity index (χ3v) is 2.05. The summed E-state index contributed by atoms with van der Waals surface area (Å²) in [4.78, 5) is 11.6. The van der Waals surface area contributed by atoms with E-state index in [2.05, 4.69) is 13.0 Å². The van der Waals surface area contributed by atoms with Crippen LogP contribution in [0.3, 0.4) is 0 Å². The first-order valence-electron chi connectivity index (χ1n) is 5.53. The third kappa shape index (κ3) is 3.39. The highest BCUT2D eigenvalue weighted by Gasteiger charge is 1.92. The molecule has 1 rings (SSSR count). The molecular weight excluding hydrogens is 186 g/mol. The minimum absolute atomic E-state index is 0.0738. The fourth-order valence-electron chi connectivity index (χ4n) is 1.35. The average Bonchev–Trinajstić information content (AvgIpc) is 2.27. The predicted molar refractivity (Wildman–Crippen MR) is 67.2 cm³/mol. The molecule has 0 aliphatic rings. The highest BCUT2D eigenvalue weighted by molar-refractivity contribution is 5.28. The average molecular weight is 207 g/mol. The molecule has 0 unspecified atom stereocenters. The van der Waals surface area contributed by atoms with E-state index in [0.717, 1.165) is 16.9 Å². The molecule has 1 heterocycles. The van der Waals surface area contributed by atoms with Crippen LogP contribution in [0, 0.1) is 0 Å². The van der Waals surface area contributed by atoms with Crippen LogP contribution in [-0.4, -0.2) is 4.57 Å². The molecule has 2 heteroatoms. The highest BCUT2D eigenvalue weighted by Crippen LogP contribution is 1.74. The second-order valence-corrected chi connectivity index (χ2v) is 3.00. The Labute approximate surface area is 91.6 Å². The maximum absolute atomic E-state index is 11.6.